The molecular weight excluding hydrogens is 399 g/mol. The SMILES string of the molecule is CC(C)=CC(N)=Nc1nc(C(O)c2ccc(F)cc2)nc2cc(OCCCO)ccc12. The van der Waals surface area contributed by atoms with Crippen LogP contribution < -0.4 is 10.5 Å². The van der Waals surface area contributed by atoms with Gasteiger partial charge in [0.15, 0.2) is 11.6 Å². The van der Waals surface area contributed by atoms with Gasteiger partial charge in [0.05, 0.1) is 12.1 Å². The lowest BCUT2D eigenvalue weighted by atomic mass is 10.1. The molecule has 0 saturated heterocycles. The summed E-state index contributed by atoms with van der Waals surface area (Å²) in [5.74, 6) is 0.841. The van der Waals surface area contributed by atoms with Crippen molar-refractivity contribution in [2.24, 2.45) is 10.7 Å². The Morgan fingerprint density at radius 3 is 2.61 bits per heavy atom. The molecular formula is C23H25FN4O3. The fourth-order valence-electron chi connectivity index (χ4n) is 2.91. The topological polar surface area (TPSA) is 114 Å². The van der Waals surface area contributed by atoms with Gasteiger partial charge in [-0.2, -0.15) is 0 Å². The zero-order valence-electron chi connectivity index (χ0n) is 17.4. The molecule has 7 nitrogen and oxygen atoms in total. The second-order valence-electron chi connectivity index (χ2n) is 7.22. The van der Waals surface area contributed by atoms with Crippen LogP contribution in [0.1, 0.15) is 37.8 Å². The molecule has 0 aliphatic heterocycles. The van der Waals surface area contributed by atoms with Gasteiger partial charge in [0.1, 0.15) is 23.5 Å². The lowest BCUT2D eigenvalue weighted by Crippen LogP contribution is -2.10. The summed E-state index contributed by atoms with van der Waals surface area (Å²) in [6, 6.07) is 10.7. The van der Waals surface area contributed by atoms with Crippen molar-refractivity contribution in [2.75, 3.05) is 13.2 Å². The second-order valence-corrected chi connectivity index (χ2v) is 7.22. The number of nitrogens with zero attached hydrogens (tertiary/aromatic N) is 3. The Kier molecular flexibility index (Phi) is 7.28. The maximum absolute atomic E-state index is 13.3. The third kappa shape index (κ3) is 5.84. The number of hydrogen-bond donors (Lipinski definition) is 3. The van der Waals surface area contributed by atoms with Crippen molar-refractivity contribution in [3.63, 3.8) is 0 Å². The first-order chi connectivity index (χ1) is 14.9. The number of benzene rings is 2. The molecule has 0 spiro atoms. The van der Waals surface area contributed by atoms with Crippen LogP contribution in [0.15, 0.2) is 59.1 Å². The van der Waals surface area contributed by atoms with Crippen molar-refractivity contribution in [1.29, 1.82) is 0 Å². The summed E-state index contributed by atoms with van der Waals surface area (Å²) in [7, 11) is 0. The standard InChI is InChI=1S/C23H25FN4O3/c1-14(2)12-20(25)27-22-18-9-8-17(31-11-3-10-29)13-19(18)26-23(28-22)21(30)15-4-6-16(24)7-5-15/h4-9,12-13,21,29-30H,3,10-11H2,1-2H3,(H2,25,26,27,28). The minimum Gasteiger partial charge on any atom is -0.493 e. The van der Waals surface area contributed by atoms with Crippen LogP contribution in [0, 0.1) is 5.82 Å². The predicted octanol–water partition coefficient (Wildman–Crippen LogP) is 3.57. The molecule has 3 aromatic rings. The second kappa shape index (κ2) is 10.1. The third-order valence-corrected chi connectivity index (χ3v) is 4.34. The van der Waals surface area contributed by atoms with E-state index in [1.165, 1.54) is 24.3 Å². The molecule has 2 aromatic carbocycles. The van der Waals surface area contributed by atoms with E-state index in [1.807, 2.05) is 13.8 Å². The van der Waals surface area contributed by atoms with Crippen molar-refractivity contribution in [1.82, 2.24) is 9.97 Å². The Hall–Kier alpha value is -3.36. The maximum Gasteiger partial charge on any atom is 0.165 e. The van der Waals surface area contributed by atoms with E-state index in [0.29, 0.717) is 41.1 Å². The van der Waals surface area contributed by atoms with Gasteiger partial charge in [-0.25, -0.2) is 19.4 Å². The minimum absolute atomic E-state index is 0.0340. The number of fused-ring (bicyclic) bond motifs is 1. The molecule has 0 fully saturated rings. The molecule has 4 N–H and O–H groups in total. The van der Waals surface area contributed by atoms with E-state index >= 15 is 0 Å². The predicted molar refractivity (Wildman–Crippen MR) is 118 cm³/mol. The summed E-state index contributed by atoms with van der Waals surface area (Å²) in [5, 5.41) is 20.4. The molecule has 1 heterocycles. The van der Waals surface area contributed by atoms with E-state index in [-0.39, 0.29) is 18.3 Å². The molecule has 3 rings (SSSR count). The summed E-state index contributed by atoms with van der Waals surface area (Å²) >= 11 is 0. The van der Waals surface area contributed by atoms with E-state index in [2.05, 4.69) is 15.0 Å². The van der Waals surface area contributed by atoms with Crippen LogP contribution in [-0.2, 0) is 0 Å². The van der Waals surface area contributed by atoms with E-state index in [1.54, 1.807) is 24.3 Å². The summed E-state index contributed by atoms with van der Waals surface area (Å²) in [6.07, 6.45) is 1.05. The minimum atomic E-state index is -1.18. The van der Waals surface area contributed by atoms with Crippen LogP contribution in [0.4, 0.5) is 10.2 Å². The van der Waals surface area contributed by atoms with Crippen LogP contribution in [0.2, 0.25) is 0 Å². The number of halogens is 1. The van der Waals surface area contributed by atoms with Crippen LogP contribution in [0.3, 0.4) is 0 Å². The summed E-state index contributed by atoms with van der Waals surface area (Å²) < 4.78 is 18.9. The number of rotatable bonds is 8. The smallest absolute Gasteiger partial charge is 0.165 e. The number of aliphatic imine (C=N–C) groups is 1. The molecule has 0 aliphatic rings. The number of ether oxygens (including phenoxy) is 1. The number of aliphatic hydroxyl groups is 2. The molecule has 0 radical (unpaired) electrons. The van der Waals surface area contributed by atoms with Crippen molar-refractivity contribution in [2.45, 2.75) is 26.4 Å². The van der Waals surface area contributed by atoms with Crippen molar-refractivity contribution in [3.05, 3.63) is 71.3 Å². The molecule has 31 heavy (non-hydrogen) atoms. The summed E-state index contributed by atoms with van der Waals surface area (Å²) in [6.45, 7) is 4.20. The lowest BCUT2D eigenvalue weighted by Gasteiger charge is -2.13. The summed E-state index contributed by atoms with van der Waals surface area (Å²) in [4.78, 5) is 13.3. The molecule has 162 valence electrons. The highest BCUT2D eigenvalue weighted by Gasteiger charge is 2.17. The summed E-state index contributed by atoms with van der Waals surface area (Å²) in [5.41, 5.74) is 7.96. The van der Waals surface area contributed by atoms with Gasteiger partial charge in [0, 0.05) is 24.5 Å². The number of nitrogens with two attached hydrogens (primary N) is 1. The highest BCUT2D eigenvalue weighted by molar-refractivity contribution is 5.97. The van der Waals surface area contributed by atoms with Crippen molar-refractivity contribution < 1.29 is 19.3 Å². The van der Waals surface area contributed by atoms with Gasteiger partial charge < -0.3 is 20.7 Å². The number of amidine groups is 1. The molecule has 8 heteroatoms. The first-order valence-electron chi connectivity index (χ1n) is 9.85. The van der Waals surface area contributed by atoms with Gasteiger partial charge in [0.25, 0.3) is 0 Å². The van der Waals surface area contributed by atoms with Crippen molar-refractivity contribution >= 4 is 22.6 Å². The number of aromatic nitrogens is 2. The third-order valence-electron chi connectivity index (χ3n) is 4.34. The van der Waals surface area contributed by atoms with Crippen LogP contribution >= 0.6 is 0 Å². The highest BCUT2D eigenvalue weighted by Crippen LogP contribution is 2.30. The van der Waals surface area contributed by atoms with Crippen LogP contribution in [0.25, 0.3) is 10.9 Å². The van der Waals surface area contributed by atoms with E-state index in [4.69, 9.17) is 15.6 Å². The van der Waals surface area contributed by atoms with Crippen LogP contribution in [0.5, 0.6) is 5.75 Å². The lowest BCUT2D eigenvalue weighted by molar-refractivity contribution is 0.210. The van der Waals surface area contributed by atoms with Gasteiger partial charge in [0.2, 0.25) is 0 Å². The average molecular weight is 424 g/mol. The maximum atomic E-state index is 13.3. The van der Waals surface area contributed by atoms with E-state index in [0.717, 1.165) is 5.57 Å². The number of aliphatic hydroxyl groups excluding tert-OH is 2. The number of hydrogen-bond acceptors (Lipinski definition) is 6. The molecule has 0 aliphatic carbocycles. The highest BCUT2D eigenvalue weighted by atomic mass is 19.1. The van der Waals surface area contributed by atoms with Gasteiger partial charge in [-0.1, -0.05) is 17.7 Å². The van der Waals surface area contributed by atoms with E-state index in [9.17, 15) is 9.50 Å². The van der Waals surface area contributed by atoms with E-state index < -0.39 is 11.9 Å². The fourth-order valence-corrected chi connectivity index (χ4v) is 2.91. The Morgan fingerprint density at radius 2 is 1.94 bits per heavy atom. The van der Waals surface area contributed by atoms with Gasteiger partial charge in [-0.3, -0.25) is 0 Å². The molecule has 1 atom stereocenters. The molecule has 1 unspecified atom stereocenters. The number of allylic oxidation sites excluding steroid dienone is 1. The molecule has 0 bridgehead atoms. The monoisotopic (exact) mass is 424 g/mol. The van der Waals surface area contributed by atoms with Crippen molar-refractivity contribution in [3.8, 4) is 5.75 Å². The molecule has 1 aromatic heterocycles. The average Bonchev–Trinajstić information content (AvgIpc) is 2.73. The largest absolute Gasteiger partial charge is 0.493 e. The van der Waals surface area contributed by atoms with Crippen LogP contribution in [-0.4, -0.2) is 39.2 Å². The quantitative estimate of drug-likeness (QED) is 0.289. The van der Waals surface area contributed by atoms with Gasteiger partial charge in [-0.05, 0) is 49.8 Å². The van der Waals surface area contributed by atoms with Gasteiger partial charge >= 0.3 is 0 Å². The Bertz CT molecular complexity index is 1110. The normalized spacial score (nSPS) is 12.6. The first-order valence-corrected chi connectivity index (χ1v) is 9.85. The Morgan fingerprint density at radius 1 is 1.19 bits per heavy atom. The first kappa shape index (κ1) is 22.3. The fraction of sp³-hybridized carbons (Fsp3) is 0.261. The Balaban J connectivity index is 2.10. The van der Waals surface area contributed by atoms with Gasteiger partial charge in [-0.15, -0.1) is 0 Å². The Labute approximate surface area is 179 Å². The zero-order chi connectivity index (χ0) is 22.4. The zero-order valence-corrected chi connectivity index (χ0v) is 17.4. The molecule has 0 amide bonds. The molecule has 0 saturated carbocycles.